The number of anilines is 1. The van der Waals surface area contributed by atoms with E-state index in [1.54, 1.807) is 23.9 Å². The summed E-state index contributed by atoms with van der Waals surface area (Å²) in [4.78, 5) is 12.2. The van der Waals surface area contributed by atoms with Gasteiger partial charge in [0.2, 0.25) is 5.91 Å². The third-order valence-electron chi connectivity index (χ3n) is 3.95. The summed E-state index contributed by atoms with van der Waals surface area (Å²) in [6, 6.07) is 5.83. The molecule has 1 aromatic carbocycles. The van der Waals surface area contributed by atoms with E-state index in [0.29, 0.717) is 16.7 Å². The van der Waals surface area contributed by atoms with Crippen molar-refractivity contribution in [3.63, 3.8) is 0 Å². The van der Waals surface area contributed by atoms with Crippen molar-refractivity contribution in [1.29, 1.82) is 0 Å². The number of ether oxygens (including phenoxy) is 2. The van der Waals surface area contributed by atoms with E-state index in [2.05, 4.69) is 25.0 Å². The minimum atomic E-state index is -3.70. The Hall–Kier alpha value is -3.08. The highest BCUT2D eigenvalue weighted by Gasteiger charge is 2.43. The zero-order chi connectivity index (χ0) is 19.9. The van der Waals surface area contributed by atoms with Crippen LogP contribution >= 0.6 is 11.8 Å². The van der Waals surface area contributed by atoms with E-state index in [0.717, 1.165) is 11.3 Å². The maximum absolute atomic E-state index is 13.1. The zero-order valence-electron chi connectivity index (χ0n) is 14.7. The normalized spacial score (nSPS) is 14.3. The molecule has 3 aromatic rings. The number of rotatable bonds is 5. The fourth-order valence-corrected chi connectivity index (χ4v) is 3.36. The Labute approximate surface area is 161 Å². The van der Waals surface area contributed by atoms with Gasteiger partial charge in [0.25, 0.3) is 0 Å². The lowest BCUT2D eigenvalue weighted by Gasteiger charge is -2.06. The molecule has 1 aliphatic rings. The Balaban J connectivity index is 1.38. The molecular formula is C17H14F2N4O4S. The van der Waals surface area contributed by atoms with Gasteiger partial charge < -0.3 is 23.8 Å². The molecule has 0 saturated heterocycles. The fourth-order valence-electron chi connectivity index (χ4n) is 2.65. The summed E-state index contributed by atoms with van der Waals surface area (Å²) in [7, 11) is 1.79. The SMILES string of the molecule is Cc1occc1-c1nnc(SCC(=O)Nc2ccc3c(c2)OC(F)(F)O3)n1C. The molecule has 0 unspecified atom stereocenters. The van der Waals surface area contributed by atoms with Gasteiger partial charge in [0.1, 0.15) is 5.76 Å². The van der Waals surface area contributed by atoms with Crippen LogP contribution in [-0.4, -0.2) is 32.7 Å². The lowest BCUT2D eigenvalue weighted by Crippen LogP contribution is -2.25. The average molecular weight is 408 g/mol. The first-order valence-corrected chi connectivity index (χ1v) is 9.07. The van der Waals surface area contributed by atoms with Gasteiger partial charge in [-0.2, -0.15) is 0 Å². The number of nitrogens with one attached hydrogen (secondary N) is 1. The quantitative estimate of drug-likeness (QED) is 0.647. The van der Waals surface area contributed by atoms with Crippen molar-refractivity contribution in [1.82, 2.24) is 14.8 Å². The van der Waals surface area contributed by atoms with Gasteiger partial charge in [0, 0.05) is 18.8 Å². The van der Waals surface area contributed by atoms with Crippen LogP contribution in [0.1, 0.15) is 5.76 Å². The van der Waals surface area contributed by atoms with Crippen molar-refractivity contribution in [2.75, 3.05) is 11.1 Å². The Morgan fingerprint density at radius 2 is 2.04 bits per heavy atom. The number of carbonyl (C=O) groups excluding carboxylic acids is 1. The smallest absolute Gasteiger partial charge is 0.469 e. The molecule has 0 aliphatic carbocycles. The topological polar surface area (TPSA) is 91.4 Å². The molecule has 1 aliphatic heterocycles. The molecule has 0 bridgehead atoms. The van der Waals surface area contributed by atoms with E-state index < -0.39 is 6.29 Å². The van der Waals surface area contributed by atoms with Crippen LogP contribution in [0.15, 0.2) is 40.1 Å². The van der Waals surface area contributed by atoms with Crippen LogP contribution in [-0.2, 0) is 11.8 Å². The minimum absolute atomic E-state index is 0.0565. The van der Waals surface area contributed by atoms with E-state index in [-0.39, 0.29) is 23.2 Å². The van der Waals surface area contributed by atoms with E-state index in [4.69, 9.17) is 4.42 Å². The number of halogens is 2. The number of hydrogen-bond donors (Lipinski definition) is 1. The number of aromatic nitrogens is 3. The number of hydrogen-bond acceptors (Lipinski definition) is 7. The number of fused-ring (bicyclic) bond motifs is 1. The summed E-state index contributed by atoms with van der Waals surface area (Å²) in [5, 5.41) is 11.4. The average Bonchev–Trinajstić information content (AvgIpc) is 3.28. The molecular weight excluding hydrogens is 394 g/mol. The molecule has 0 atom stereocenters. The molecule has 4 rings (SSSR count). The summed E-state index contributed by atoms with van der Waals surface area (Å²) in [6.45, 7) is 1.82. The van der Waals surface area contributed by atoms with Crippen molar-refractivity contribution in [3.8, 4) is 22.9 Å². The summed E-state index contributed by atoms with van der Waals surface area (Å²) in [5.41, 5.74) is 1.14. The number of furan rings is 1. The lowest BCUT2D eigenvalue weighted by atomic mass is 10.2. The second kappa shape index (κ2) is 6.82. The predicted octanol–water partition coefficient (Wildman–Crippen LogP) is 3.44. The van der Waals surface area contributed by atoms with E-state index >= 15 is 0 Å². The minimum Gasteiger partial charge on any atom is -0.469 e. The number of thioether (sulfide) groups is 1. The maximum atomic E-state index is 13.1. The molecule has 0 fully saturated rings. The first-order chi connectivity index (χ1) is 13.3. The van der Waals surface area contributed by atoms with Gasteiger partial charge in [0.05, 0.1) is 17.6 Å². The van der Waals surface area contributed by atoms with E-state index in [1.165, 1.54) is 30.0 Å². The highest BCUT2D eigenvalue weighted by molar-refractivity contribution is 7.99. The van der Waals surface area contributed by atoms with Crippen molar-refractivity contribution < 1.29 is 27.5 Å². The summed E-state index contributed by atoms with van der Waals surface area (Å²) in [6.07, 6.45) is -2.13. The first kappa shape index (κ1) is 18.3. The molecule has 28 heavy (non-hydrogen) atoms. The van der Waals surface area contributed by atoms with Crippen LogP contribution in [0.3, 0.4) is 0 Å². The van der Waals surface area contributed by atoms with Crippen LogP contribution < -0.4 is 14.8 Å². The number of aryl methyl sites for hydroxylation is 1. The van der Waals surface area contributed by atoms with Crippen LogP contribution in [0.25, 0.3) is 11.4 Å². The molecule has 1 N–H and O–H groups in total. The third-order valence-corrected chi connectivity index (χ3v) is 4.97. The number of nitrogens with zero attached hydrogens (tertiary/aromatic N) is 3. The van der Waals surface area contributed by atoms with Gasteiger partial charge in [0.15, 0.2) is 22.5 Å². The third kappa shape index (κ3) is 3.52. The first-order valence-electron chi connectivity index (χ1n) is 8.09. The van der Waals surface area contributed by atoms with Gasteiger partial charge in [-0.05, 0) is 25.1 Å². The standard InChI is InChI=1S/C17H14F2N4O4S/c1-9-11(5-6-25-9)15-21-22-16(23(15)2)28-8-14(24)20-10-3-4-12-13(7-10)27-17(18,19)26-12/h3-7H,8H2,1-2H3,(H,20,24). The highest BCUT2D eigenvalue weighted by Crippen LogP contribution is 2.42. The number of alkyl halides is 2. The van der Waals surface area contributed by atoms with Gasteiger partial charge in [-0.3, -0.25) is 4.79 Å². The second-order valence-corrected chi connectivity index (χ2v) is 6.86. The molecule has 3 heterocycles. The molecule has 11 heteroatoms. The van der Waals surface area contributed by atoms with Crippen LogP contribution in [0.4, 0.5) is 14.5 Å². The Morgan fingerprint density at radius 3 is 2.79 bits per heavy atom. The molecule has 146 valence electrons. The summed E-state index contributed by atoms with van der Waals surface area (Å²) in [5.74, 6) is 0.854. The molecule has 0 saturated carbocycles. The molecule has 2 aromatic heterocycles. The van der Waals surface area contributed by atoms with E-state index in [1.807, 2.05) is 6.92 Å². The van der Waals surface area contributed by atoms with E-state index in [9.17, 15) is 13.6 Å². The van der Waals surface area contributed by atoms with Crippen molar-refractivity contribution >= 4 is 23.4 Å². The number of benzene rings is 1. The highest BCUT2D eigenvalue weighted by atomic mass is 32.2. The summed E-state index contributed by atoms with van der Waals surface area (Å²) < 4.78 is 41.8. The van der Waals surface area contributed by atoms with Gasteiger partial charge in [-0.15, -0.1) is 19.0 Å². The van der Waals surface area contributed by atoms with Crippen LogP contribution in [0, 0.1) is 6.92 Å². The molecule has 8 nitrogen and oxygen atoms in total. The molecule has 1 amide bonds. The number of carbonyl (C=O) groups is 1. The van der Waals surface area contributed by atoms with Gasteiger partial charge in [-0.25, -0.2) is 0 Å². The Bertz CT molecular complexity index is 1050. The van der Waals surface area contributed by atoms with Crippen molar-refractivity contribution in [3.05, 3.63) is 36.3 Å². The monoisotopic (exact) mass is 408 g/mol. The molecule has 0 radical (unpaired) electrons. The largest absolute Gasteiger partial charge is 0.586 e. The van der Waals surface area contributed by atoms with Crippen LogP contribution in [0.5, 0.6) is 11.5 Å². The molecule has 0 spiro atoms. The summed E-state index contributed by atoms with van der Waals surface area (Å²) >= 11 is 1.19. The van der Waals surface area contributed by atoms with Gasteiger partial charge >= 0.3 is 6.29 Å². The second-order valence-electron chi connectivity index (χ2n) is 5.92. The Kier molecular flexibility index (Phi) is 4.46. The fraction of sp³-hybridized carbons (Fsp3) is 0.235. The maximum Gasteiger partial charge on any atom is 0.586 e. The van der Waals surface area contributed by atoms with Crippen molar-refractivity contribution in [2.45, 2.75) is 18.4 Å². The van der Waals surface area contributed by atoms with Crippen LogP contribution in [0.2, 0.25) is 0 Å². The van der Waals surface area contributed by atoms with Gasteiger partial charge in [-0.1, -0.05) is 11.8 Å². The lowest BCUT2D eigenvalue weighted by molar-refractivity contribution is -0.286. The zero-order valence-corrected chi connectivity index (χ0v) is 15.5. The number of amides is 1. The van der Waals surface area contributed by atoms with Crippen molar-refractivity contribution in [2.24, 2.45) is 7.05 Å². The predicted molar refractivity (Wildman–Crippen MR) is 95.4 cm³/mol. The Morgan fingerprint density at radius 1 is 1.25 bits per heavy atom.